The maximum absolute atomic E-state index is 2.35. The van der Waals surface area contributed by atoms with Crippen LogP contribution in [0.25, 0.3) is 65.3 Å². The largest absolute Gasteiger partial charge is 0.310 e. The van der Waals surface area contributed by atoms with Gasteiger partial charge in [0.1, 0.15) is 0 Å². The van der Waals surface area contributed by atoms with Gasteiger partial charge in [0.25, 0.3) is 0 Å². The van der Waals surface area contributed by atoms with Crippen LogP contribution in [0.2, 0.25) is 0 Å². The van der Waals surface area contributed by atoms with Crippen LogP contribution in [-0.2, 0) is 0 Å². The molecule has 0 bridgehead atoms. The first kappa shape index (κ1) is 27.2. The number of hydrogen-bond acceptors (Lipinski definition) is 1. The maximum Gasteiger partial charge on any atom is 0.0468 e. The van der Waals surface area contributed by atoms with Gasteiger partial charge < -0.3 is 4.90 Å². The zero-order valence-corrected chi connectivity index (χ0v) is 25.8. The Morgan fingerprint density at radius 2 is 0.723 bits per heavy atom. The Hall–Kier alpha value is -6.18. The number of rotatable bonds is 5. The molecular formula is C46H31N. The molecule has 9 aromatic rings. The van der Waals surface area contributed by atoms with Gasteiger partial charge in [0, 0.05) is 17.1 Å². The lowest BCUT2D eigenvalue weighted by atomic mass is 9.90. The molecular weight excluding hydrogens is 567 g/mol. The van der Waals surface area contributed by atoms with E-state index in [0.29, 0.717) is 0 Å². The van der Waals surface area contributed by atoms with Crippen molar-refractivity contribution in [1.82, 2.24) is 0 Å². The number of fused-ring (bicyclic) bond motifs is 5. The van der Waals surface area contributed by atoms with Crippen molar-refractivity contribution in [2.24, 2.45) is 0 Å². The number of nitrogens with zero attached hydrogens (tertiary/aromatic N) is 1. The molecule has 0 saturated heterocycles. The second kappa shape index (κ2) is 11.3. The van der Waals surface area contributed by atoms with Crippen molar-refractivity contribution < 1.29 is 0 Å². The molecule has 1 heteroatoms. The first-order valence-corrected chi connectivity index (χ1v) is 16.2. The fraction of sp³-hybridized carbons (Fsp3) is 0. The summed E-state index contributed by atoms with van der Waals surface area (Å²) in [6.45, 7) is 0. The number of anilines is 3. The van der Waals surface area contributed by atoms with E-state index >= 15 is 0 Å². The van der Waals surface area contributed by atoms with Gasteiger partial charge in [-0.15, -0.1) is 0 Å². The van der Waals surface area contributed by atoms with E-state index < -0.39 is 0 Å². The Bertz CT molecular complexity index is 2570. The summed E-state index contributed by atoms with van der Waals surface area (Å²) in [5.41, 5.74) is 8.38. The molecule has 0 aromatic heterocycles. The Kier molecular flexibility index (Phi) is 6.54. The summed E-state index contributed by atoms with van der Waals surface area (Å²) in [7, 11) is 0. The molecule has 0 N–H and O–H groups in total. The quantitative estimate of drug-likeness (QED) is 0.178. The molecule has 0 spiro atoms. The first-order valence-electron chi connectivity index (χ1n) is 16.2. The van der Waals surface area contributed by atoms with Gasteiger partial charge in [-0.1, -0.05) is 133 Å². The molecule has 0 saturated carbocycles. The zero-order chi connectivity index (χ0) is 31.2. The van der Waals surface area contributed by atoms with Gasteiger partial charge in [0.15, 0.2) is 0 Å². The van der Waals surface area contributed by atoms with Crippen molar-refractivity contribution in [3.8, 4) is 22.3 Å². The Morgan fingerprint density at radius 3 is 1.40 bits per heavy atom. The summed E-state index contributed by atoms with van der Waals surface area (Å²) in [4.78, 5) is 2.35. The molecule has 0 atom stereocenters. The van der Waals surface area contributed by atoms with E-state index in [1.54, 1.807) is 0 Å². The van der Waals surface area contributed by atoms with Crippen LogP contribution in [0.5, 0.6) is 0 Å². The van der Waals surface area contributed by atoms with Crippen LogP contribution in [0.1, 0.15) is 0 Å². The minimum absolute atomic E-state index is 1.14. The lowest BCUT2D eigenvalue weighted by Gasteiger charge is -2.26. The molecule has 0 aliphatic rings. The van der Waals surface area contributed by atoms with Crippen LogP contribution in [0.15, 0.2) is 188 Å². The highest BCUT2D eigenvalue weighted by Gasteiger charge is 2.15. The zero-order valence-electron chi connectivity index (χ0n) is 25.8. The molecule has 1 nitrogen and oxygen atoms in total. The maximum atomic E-state index is 2.35. The molecule has 9 rings (SSSR count). The second-order valence-corrected chi connectivity index (χ2v) is 12.2. The van der Waals surface area contributed by atoms with Gasteiger partial charge in [-0.05, 0) is 120 Å². The highest BCUT2D eigenvalue weighted by molar-refractivity contribution is 6.10. The van der Waals surface area contributed by atoms with E-state index in [2.05, 4.69) is 193 Å². The SMILES string of the molecule is c1ccc(-c2cc3ccccc3cc2-c2ccc3c(ccc4cc(N(c5ccccc5)c5ccc6ccccc6c5)ccc43)c2)cc1. The highest BCUT2D eigenvalue weighted by atomic mass is 15.1. The minimum Gasteiger partial charge on any atom is -0.310 e. The summed E-state index contributed by atoms with van der Waals surface area (Å²) in [6.07, 6.45) is 0. The molecule has 220 valence electrons. The fourth-order valence-corrected chi connectivity index (χ4v) is 7.04. The monoisotopic (exact) mass is 597 g/mol. The van der Waals surface area contributed by atoms with Gasteiger partial charge >= 0.3 is 0 Å². The lowest BCUT2D eigenvalue weighted by molar-refractivity contribution is 1.29. The molecule has 0 heterocycles. The third-order valence-electron chi connectivity index (χ3n) is 9.36. The van der Waals surface area contributed by atoms with Gasteiger partial charge in [-0.25, -0.2) is 0 Å². The van der Waals surface area contributed by atoms with Crippen LogP contribution >= 0.6 is 0 Å². The predicted octanol–water partition coefficient (Wildman–Crippen LogP) is 13.1. The molecule has 47 heavy (non-hydrogen) atoms. The third-order valence-corrected chi connectivity index (χ3v) is 9.36. The average Bonchev–Trinajstić information content (AvgIpc) is 3.15. The Labute approximate surface area is 274 Å². The number of benzene rings is 9. The van der Waals surface area contributed by atoms with E-state index in [0.717, 1.165) is 17.1 Å². The van der Waals surface area contributed by atoms with Crippen LogP contribution < -0.4 is 4.90 Å². The molecule has 0 unspecified atom stereocenters. The van der Waals surface area contributed by atoms with Crippen molar-refractivity contribution in [3.63, 3.8) is 0 Å². The van der Waals surface area contributed by atoms with Crippen LogP contribution in [0, 0.1) is 0 Å². The smallest absolute Gasteiger partial charge is 0.0468 e. The van der Waals surface area contributed by atoms with Gasteiger partial charge in [-0.3, -0.25) is 0 Å². The predicted molar refractivity (Wildman–Crippen MR) is 202 cm³/mol. The Balaban J connectivity index is 1.17. The van der Waals surface area contributed by atoms with Crippen LogP contribution in [0.3, 0.4) is 0 Å². The normalized spacial score (nSPS) is 11.4. The van der Waals surface area contributed by atoms with Crippen LogP contribution in [-0.4, -0.2) is 0 Å². The summed E-state index contributed by atoms with van der Waals surface area (Å²) >= 11 is 0. The van der Waals surface area contributed by atoms with E-state index in [-0.39, 0.29) is 0 Å². The summed E-state index contributed by atoms with van der Waals surface area (Å²) in [5.74, 6) is 0. The number of hydrogen-bond donors (Lipinski definition) is 0. The number of para-hydroxylation sites is 1. The highest BCUT2D eigenvalue weighted by Crippen LogP contribution is 2.40. The first-order chi connectivity index (χ1) is 23.3. The fourth-order valence-electron chi connectivity index (χ4n) is 7.04. The standard InChI is InChI=1S/C46H31N/c1-3-12-33(13-4-1)45-30-35-15-9-10-16-36(35)31-46(45)38-22-25-43-37(27-38)19-20-39-29-42(24-26-44(39)43)47(40-17-5-2-6-18-40)41-23-21-32-11-7-8-14-34(32)28-41/h1-31H. The van der Waals surface area contributed by atoms with Crippen molar-refractivity contribution in [2.45, 2.75) is 0 Å². The van der Waals surface area contributed by atoms with E-state index in [1.165, 1.54) is 65.3 Å². The van der Waals surface area contributed by atoms with Crippen molar-refractivity contribution in [2.75, 3.05) is 4.90 Å². The molecule has 0 radical (unpaired) electrons. The van der Waals surface area contributed by atoms with Crippen LogP contribution in [0.4, 0.5) is 17.1 Å². The summed E-state index contributed by atoms with van der Waals surface area (Å²) in [6, 6.07) is 68.3. The molecule has 0 aliphatic heterocycles. The summed E-state index contributed by atoms with van der Waals surface area (Å²) in [5, 5.41) is 9.96. The van der Waals surface area contributed by atoms with E-state index in [4.69, 9.17) is 0 Å². The average molecular weight is 598 g/mol. The van der Waals surface area contributed by atoms with E-state index in [1.807, 2.05) is 0 Å². The van der Waals surface area contributed by atoms with Crippen molar-refractivity contribution in [1.29, 1.82) is 0 Å². The summed E-state index contributed by atoms with van der Waals surface area (Å²) < 4.78 is 0. The minimum atomic E-state index is 1.14. The van der Waals surface area contributed by atoms with Gasteiger partial charge in [0.2, 0.25) is 0 Å². The van der Waals surface area contributed by atoms with Gasteiger partial charge in [-0.2, -0.15) is 0 Å². The second-order valence-electron chi connectivity index (χ2n) is 12.2. The van der Waals surface area contributed by atoms with Crippen molar-refractivity contribution >= 4 is 60.2 Å². The molecule has 0 fully saturated rings. The van der Waals surface area contributed by atoms with Crippen molar-refractivity contribution in [3.05, 3.63) is 188 Å². The molecule has 0 aliphatic carbocycles. The third kappa shape index (κ3) is 4.90. The molecule has 0 amide bonds. The Morgan fingerprint density at radius 1 is 0.255 bits per heavy atom. The van der Waals surface area contributed by atoms with E-state index in [9.17, 15) is 0 Å². The van der Waals surface area contributed by atoms with Gasteiger partial charge in [0.05, 0.1) is 0 Å². The molecule has 9 aromatic carbocycles. The topological polar surface area (TPSA) is 3.24 Å². The lowest BCUT2D eigenvalue weighted by Crippen LogP contribution is -2.09.